The number of hydrogen-bond acceptors (Lipinski definition) is 4. The minimum Gasteiger partial charge on any atom is -0.358 e. The fourth-order valence-electron chi connectivity index (χ4n) is 0.921. The molecule has 0 spiro atoms. The summed E-state index contributed by atoms with van der Waals surface area (Å²) in [5.41, 5.74) is -0.169. The van der Waals surface area contributed by atoms with Crippen molar-refractivity contribution in [1.82, 2.24) is 15.5 Å². The zero-order valence-corrected chi connectivity index (χ0v) is 8.83. The van der Waals surface area contributed by atoms with Crippen molar-refractivity contribution in [2.75, 3.05) is 0 Å². The van der Waals surface area contributed by atoms with Crippen molar-refractivity contribution in [3.05, 3.63) is 20.8 Å². The third-order valence-corrected chi connectivity index (χ3v) is 1.86. The zero-order chi connectivity index (χ0) is 11.6. The van der Waals surface area contributed by atoms with Gasteiger partial charge in [-0.2, -0.15) is 0 Å². The van der Waals surface area contributed by atoms with Gasteiger partial charge in [-0.15, -0.1) is 5.10 Å². The van der Waals surface area contributed by atoms with Crippen molar-refractivity contribution in [1.29, 1.82) is 0 Å². The molecule has 0 bridgehead atoms. The number of hydrogen-bond donors (Lipinski definition) is 2. The Balaban J connectivity index is 2.96. The first-order chi connectivity index (χ1) is 6.93. The van der Waals surface area contributed by atoms with E-state index in [1.807, 2.05) is 0 Å². The molecule has 0 aliphatic heterocycles. The lowest BCUT2D eigenvalue weighted by Crippen LogP contribution is -2.30. The van der Waals surface area contributed by atoms with Gasteiger partial charge in [0.05, 0.1) is 0 Å². The largest absolute Gasteiger partial charge is 0.362 e. The molecule has 0 saturated heterocycles. The Kier molecular flexibility index (Phi) is 3.25. The molecule has 8 heteroatoms. The fraction of sp³-hybridized carbons (Fsp3) is 0.429. The van der Waals surface area contributed by atoms with Gasteiger partial charge in [-0.1, -0.05) is 16.7 Å². The maximum atomic E-state index is 11.4. The third kappa shape index (κ3) is 2.44. The lowest BCUT2D eigenvalue weighted by molar-refractivity contribution is -0.389. The smallest absolute Gasteiger partial charge is 0.358 e. The van der Waals surface area contributed by atoms with E-state index in [0.717, 1.165) is 0 Å². The Morgan fingerprint density at radius 3 is 2.67 bits per heavy atom. The van der Waals surface area contributed by atoms with Gasteiger partial charge in [-0.3, -0.25) is 4.79 Å². The standard InChI is InChI=1S/C7H9ClN4O3/c1-3(2)9-7(13)5-4(8)6(11-10-5)12(14)15/h3H,1-2H3,(H,9,13)(H,10,11). The molecule has 0 saturated carbocycles. The van der Waals surface area contributed by atoms with Gasteiger partial charge in [0, 0.05) is 6.04 Å². The van der Waals surface area contributed by atoms with Crippen LogP contribution in [0.15, 0.2) is 0 Å². The Hall–Kier alpha value is -1.63. The van der Waals surface area contributed by atoms with Crippen LogP contribution in [0.4, 0.5) is 5.82 Å². The first kappa shape index (κ1) is 11.4. The number of halogens is 1. The van der Waals surface area contributed by atoms with Crippen molar-refractivity contribution in [3.8, 4) is 0 Å². The number of rotatable bonds is 3. The molecule has 82 valence electrons. The molecule has 0 unspecified atom stereocenters. The highest BCUT2D eigenvalue weighted by molar-refractivity contribution is 6.35. The van der Waals surface area contributed by atoms with Gasteiger partial charge in [0.2, 0.25) is 0 Å². The van der Waals surface area contributed by atoms with E-state index in [1.54, 1.807) is 13.8 Å². The van der Waals surface area contributed by atoms with E-state index in [4.69, 9.17) is 11.6 Å². The molecule has 0 fully saturated rings. The van der Waals surface area contributed by atoms with E-state index in [9.17, 15) is 14.9 Å². The summed E-state index contributed by atoms with van der Waals surface area (Å²) in [6.07, 6.45) is 0. The lowest BCUT2D eigenvalue weighted by Gasteiger charge is -2.04. The molecule has 1 rings (SSSR count). The van der Waals surface area contributed by atoms with Gasteiger partial charge >= 0.3 is 5.82 Å². The first-order valence-electron chi connectivity index (χ1n) is 4.12. The Morgan fingerprint density at radius 2 is 2.27 bits per heavy atom. The predicted octanol–water partition coefficient (Wildman–Crippen LogP) is 1.11. The normalized spacial score (nSPS) is 10.4. The van der Waals surface area contributed by atoms with Crippen molar-refractivity contribution < 1.29 is 9.72 Å². The van der Waals surface area contributed by atoms with Crippen LogP contribution in [0.25, 0.3) is 0 Å². The monoisotopic (exact) mass is 232 g/mol. The summed E-state index contributed by atoms with van der Waals surface area (Å²) in [5.74, 6) is -1.02. The zero-order valence-electron chi connectivity index (χ0n) is 8.07. The minimum absolute atomic E-state index is 0.0932. The van der Waals surface area contributed by atoms with Gasteiger partial charge in [0.15, 0.2) is 10.7 Å². The van der Waals surface area contributed by atoms with Crippen LogP contribution in [0.2, 0.25) is 5.02 Å². The predicted molar refractivity (Wildman–Crippen MR) is 52.9 cm³/mol. The number of nitrogens with one attached hydrogen (secondary N) is 2. The lowest BCUT2D eigenvalue weighted by atomic mass is 10.3. The molecule has 1 amide bonds. The summed E-state index contributed by atoms with van der Waals surface area (Å²) in [6, 6.07) is -0.0932. The number of carbonyl (C=O) groups is 1. The van der Waals surface area contributed by atoms with Gasteiger partial charge in [-0.05, 0) is 18.8 Å². The van der Waals surface area contributed by atoms with E-state index in [-0.39, 0.29) is 16.8 Å². The van der Waals surface area contributed by atoms with Gasteiger partial charge in [-0.25, -0.2) is 0 Å². The summed E-state index contributed by atoms with van der Waals surface area (Å²) >= 11 is 5.60. The van der Waals surface area contributed by atoms with Crippen LogP contribution < -0.4 is 5.32 Å². The molecule has 2 N–H and O–H groups in total. The van der Waals surface area contributed by atoms with Crippen LogP contribution in [0.1, 0.15) is 24.3 Å². The second-order valence-electron chi connectivity index (χ2n) is 3.12. The second-order valence-corrected chi connectivity index (χ2v) is 3.50. The molecule has 15 heavy (non-hydrogen) atoms. The molecule has 0 aliphatic carbocycles. The molecule has 0 atom stereocenters. The summed E-state index contributed by atoms with van der Waals surface area (Å²) in [4.78, 5) is 21.1. The van der Waals surface area contributed by atoms with Crippen LogP contribution in [0.5, 0.6) is 0 Å². The second kappa shape index (κ2) is 4.26. The third-order valence-electron chi connectivity index (χ3n) is 1.51. The van der Waals surface area contributed by atoms with Gasteiger partial charge in [0.1, 0.15) is 0 Å². The van der Waals surface area contributed by atoms with Crippen LogP contribution in [-0.2, 0) is 0 Å². The van der Waals surface area contributed by atoms with Crippen LogP contribution >= 0.6 is 11.6 Å². The summed E-state index contributed by atoms with van der Waals surface area (Å²) in [5, 5.41) is 18.2. The van der Waals surface area contributed by atoms with Crippen LogP contribution in [-0.4, -0.2) is 27.1 Å². The minimum atomic E-state index is -0.735. The highest BCUT2D eigenvalue weighted by Crippen LogP contribution is 2.24. The number of H-pyrrole nitrogens is 1. The maximum Gasteiger partial charge on any atom is 0.362 e. The van der Waals surface area contributed by atoms with E-state index in [0.29, 0.717) is 0 Å². The number of aromatic amines is 1. The molecule has 1 aromatic rings. The van der Waals surface area contributed by atoms with Crippen molar-refractivity contribution in [2.24, 2.45) is 0 Å². The molecule has 1 heterocycles. The molecular weight excluding hydrogens is 224 g/mol. The SMILES string of the molecule is CC(C)NC(=O)c1n[nH]c([N+](=O)[O-])c1Cl. The van der Waals surface area contributed by atoms with E-state index >= 15 is 0 Å². The summed E-state index contributed by atoms with van der Waals surface area (Å²) < 4.78 is 0. The number of nitrogens with zero attached hydrogens (tertiary/aromatic N) is 2. The topological polar surface area (TPSA) is 101 Å². The van der Waals surface area contributed by atoms with Crippen molar-refractivity contribution >= 4 is 23.3 Å². The Morgan fingerprint density at radius 1 is 1.67 bits per heavy atom. The summed E-state index contributed by atoms with van der Waals surface area (Å²) in [6.45, 7) is 3.51. The molecule has 0 radical (unpaired) electrons. The number of carbonyl (C=O) groups excluding carboxylic acids is 1. The molecule has 7 nitrogen and oxygen atoms in total. The Bertz CT molecular complexity index is 401. The van der Waals surface area contributed by atoms with E-state index < -0.39 is 16.6 Å². The van der Waals surface area contributed by atoms with Crippen LogP contribution in [0, 0.1) is 10.1 Å². The first-order valence-corrected chi connectivity index (χ1v) is 4.50. The quantitative estimate of drug-likeness (QED) is 0.602. The molecule has 1 aromatic heterocycles. The van der Waals surface area contributed by atoms with E-state index in [2.05, 4.69) is 15.5 Å². The highest BCUT2D eigenvalue weighted by atomic mass is 35.5. The average Bonchev–Trinajstić information content (AvgIpc) is 2.45. The number of nitro groups is 1. The van der Waals surface area contributed by atoms with Crippen LogP contribution in [0.3, 0.4) is 0 Å². The maximum absolute atomic E-state index is 11.4. The fourth-order valence-corrected chi connectivity index (χ4v) is 1.16. The molecule has 0 aliphatic rings. The van der Waals surface area contributed by atoms with Gasteiger partial charge < -0.3 is 15.4 Å². The highest BCUT2D eigenvalue weighted by Gasteiger charge is 2.25. The number of amides is 1. The molecule has 0 aromatic carbocycles. The summed E-state index contributed by atoms with van der Waals surface area (Å²) in [7, 11) is 0. The molecular formula is C7H9ClN4O3. The van der Waals surface area contributed by atoms with Crippen molar-refractivity contribution in [3.63, 3.8) is 0 Å². The van der Waals surface area contributed by atoms with Gasteiger partial charge in [0.25, 0.3) is 5.91 Å². The number of aromatic nitrogens is 2. The van der Waals surface area contributed by atoms with Crippen molar-refractivity contribution in [2.45, 2.75) is 19.9 Å². The Labute approximate surface area is 90.0 Å². The van der Waals surface area contributed by atoms with E-state index in [1.165, 1.54) is 0 Å². The average molecular weight is 233 g/mol.